The van der Waals surface area contributed by atoms with Crippen LogP contribution in [0.5, 0.6) is 0 Å². The predicted octanol–water partition coefficient (Wildman–Crippen LogP) is 0.676. The number of carbonyl (C=O) groups excluding carboxylic acids is 1. The van der Waals surface area contributed by atoms with Crippen molar-refractivity contribution < 1.29 is 9.53 Å². The number of hydrogen-bond donors (Lipinski definition) is 1. The lowest BCUT2D eigenvalue weighted by Crippen LogP contribution is -2.47. The number of hydrogen-bond acceptors (Lipinski definition) is 4. The number of carbonyl (C=O) groups is 1. The summed E-state index contributed by atoms with van der Waals surface area (Å²) in [5.41, 5.74) is 1.10. The maximum atomic E-state index is 11.0. The Bertz CT molecular complexity index is 350. The van der Waals surface area contributed by atoms with Crippen LogP contribution < -0.4 is 5.32 Å². The van der Waals surface area contributed by atoms with E-state index in [1.165, 1.54) is 0 Å². The molecule has 1 N–H and O–H groups in total. The summed E-state index contributed by atoms with van der Waals surface area (Å²) >= 11 is 0. The number of rotatable bonds is 6. The van der Waals surface area contributed by atoms with Gasteiger partial charge >= 0.3 is 0 Å². The van der Waals surface area contributed by atoms with Gasteiger partial charge in [0.2, 0.25) is 0 Å². The van der Waals surface area contributed by atoms with Crippen LogP contribution in [0.4, 0.5) is 0 Å². The molecular weight excluding hydrogens is 228 g/mol. The van der Waals surface area contributed by atoms with Crippen LogP contribution >= 0.6 is 0 Å². The average molecular weight is 248 g/mol. The lowest BCUT2D eigenvalue weighted by Gasteiger charge is -2.29. The largest absolute Gasteiger partial charge is 0.365 e. The Balaban J connectivity index is 1.76. The molecule has 1 aliphatic rings. The SMILES string of the molecule is O=CC(CN1CCNCC1)OCc1ccccc1. The maximum absolute atomic E-state index is 11.0. The van der Waals surface area contributed by atoms with E-state index in [2.05, 4.69) is 10.2 Å². The molecule has 1 aliphatic heterocycles. The summed E-state index contributed by atoms with van der Waals surface area (Å²) in [6, 6.07) is 9.94. The lowest BCUT2D eigenvalue weighted by atomic mass is 10.2. The van der Waals surface area contributed by atoms with Gasteiger partial charge in [0, 0.05) is 32.7 Å². The summed E-state index contributed by atoms with van der Waals surface area (Å²) in [5, 5.41) is 3.29. The van der Waals surface area contributed by atoms with Crippen LogP contribution in [0.3, 0.4) is 0 Å². The van der Waals surface area contributed by atoms with Gasteiger partial charge in [0.15, 0.2) is 0 Å². The summed E-state index contributed by atoms with van der Waals surface area (Å²) in [6.45, 7) is 5.14. The van der Waals surface area contributed by atoms with Crippen molar-refractivity contribution in [3.63, 3.8) is 0 Å². The van der Waals surface area contributed by atoms with Gasteiger partial charge in [-0.1, -0.05) is 30.3 Å². The first-order valence-electron chi connectivity index (χ1n) is 6.42. The Hall–Kier alpha value is -1.23. The molecule has 2 rings (SSSR count). The molecule has 4 heteroatoms. The lowest BCUT2D eigenvalue weighted by molar-refractivity contribution is -0.120. The average Bonchev–Trinajstić information content (AvgIpc) is 2.45. The second-order valence-electron chi connectivity index (χ2n) is 4.52. The first kappa shape index (κ1) is 13.2. The Morgan fingerprint density at radius 1 is 1.28 bits per heavy atom. The van der Waals surface area contributed by atoms with Gasteiger partial charge in [0.25, 0.3) is 0 Å². The molecule has 18 heavy (non-hydrogen) atoms. The molecule has 0 aliphatic carbocycles. The highest BCUT2D eigenvalue weighted by Crippen LogP contribution is 2.04. The summed E-state index contributed by atoms with van der Waals surface area (Å²) in [5.74, 6) is 0. The van der Waals surface area contributed by atoms with E-state index in [9.17, 15) is 4.79 Å². The van der Waals surface area contributed by atoms with Gasteiger partial charge in [-0.25, -0.2) is 0 Å². The van der Waals surface area contributed by atoms with E-state index in [1.54, 1.807) is 0 Å². The third-order valence-electron chi connectivity index (χ3n) is 3.11. The van der Waals surface area contributed by atoms with Crippen LogP contribution in [0.25, 0.3) is 0 Å². The van der Waals surface area contributed by atoms with Crippen LogP contribution in [-0.2, 0) is 16.1 Å². The summed E-state index contributed by atoms with van der Waals surface area (Å²) < 4.78 is 5.65. The smallest absolute Gasteiger partial charge is 0.150 e. The van der Waals surface area contributed by atoms with Crippen molar-refractivity contribution in [2.45, 2.75) is 12.7 Å². The first-order valence-corrected chi connectivity index (χ1v) is 6.42. The van der Waals surface area contributed by atoms with Crippen LogP contribution in [-0.4, -0.2) is 50.0 Å². The minimum atomic E-state index is -0.330. The molecule has 4 nitrogen and oxygen atoms in total. The first-order chi connectivity index (χ1) is 8.88. The summed E-state index contributed by atoms with van der Waals surface area (Å²) in [6.07, 6.45) is 0.577. The highest BCUT2D eigenvalue weighted by molar-refractivity contribution is 5.56. The van der Waals surface area contributed by atoms with E-state index in [-0.39, 0.29) is 6.10 Å². The van der Waals surface area contributed by atoms with Gasteiger partial charge in [0.1, 0.15) is 12.4 Å². The van der Waals surface area contributed by atoms with Crippen molar-refractivity contribution >= 4 is 6.29 Å². The molecule has 0 saturated carbocycles. The van der Waals surface area contributed by atoms with Crippen molar-refractivity contribution in [1.29, 1.82) is 0 Å². The molecule has 1 unspecified atom stereocenters. The van der Waals surface area contributed by atoms with E-state index < -0.39 is 0 Å². The van der Waals surface area contributed by atoms with Crippen molar-refractivity contribution in [2.24, 2.45) is 0 Å². The topological polar surface area (TPSA) is 41.6 Å². The molecule has 0 radical (unpaired) electrons. The molecule has 1 fully saturated rings. The molecule has 0 amide bonds. The van der Waals surface area contributed by atoms with Gasteiger partial charge in [-0.05, 0) is 5.56 Å². The summed E-state index contributed by atoms with van der Waals surface area (Å²) in [4.78, 5) is 13.3. The Morgan fingerprint density at radius 2 is 2.00 bits per heavy atom. The Kier molecular flexibility index (Phi) is 5.33. The molecule has 0 spiro atoms. The normalized spacial score (nSPS) is 18.4. The van der Waals surface area contributed by atoms with Crippen molar-refractivity contribution in [1.82, 2.24) is 10.2 Å². The number of ether oxygens (including phenoxy) is 1. The third-order valence-corrected chi connectivity index (χ3v) is 3.11. The second-order valence-corrected chi connectivity index (χ2v) is 4.52. The zero-order chi connectivity index (χ0) is 12.6. The zero-order valence-corrected chi connectivity index (χ0v) is 10.5. The molecule has 1 atom stereocenters. The van der Waals surface area contributed by atoms with E-state index in [4.69, 9.17) is 4.74 Å². The Morgan fingerprint density at radius 3 is 2.67 bits per heavy atom. The second kappa shape index (κ2) is 7.26. The monoisotopic (exact) mass is 248 g/mol. The van der Waals surface area contributed by atoms with Gasteiger partial charge < -0.3 is 14.8 Å². The number of nitrogens with one attached hydrogen (secondary N) is 1. The van der Waals surface area contributed by atoms with Gasteiger partial charge in [-0.3, -0.25) is 4.90 Å². The predicted molar refractivity (Wildman–Crippen MR) is 70.4 cm³/mol. The Labute approximate surface area is 108 Å². The van der Waals surface area contributed by atoms with E-state index >= 15 is 0 Å². The quantitative estimate of drug-likeness (QED) is 0.752. The van der Waals surface area contributed by atoms with Crippen molar-refractivity contribution in [2.75, 3.05) is 32.7 Å². The van der Waals surface area contributed by atoms with Crippen LogP contribution in [0.1, 0.15) is 5.56 Å². The standard InChI is InChI=1S/C14H20N2O2/c17-11-14(10-16-8-6-15-7-9-16)18-12-13-4-2-1-3-5-13/h1-5,11,14-15H,6-10,12H2. The molecule has 1 aromatic carbocycles. The third kappa shape index (κ3) is 4.22. The highest BCUT2D eigenvalue weighted by Gasteiger charge is 2.16. The van der Waals surface area contributed by atoms with Crippen molar-refractivity contribution in [3.8, 4) is 0 Å². The molecule has 0 bridgehead atoms. The van der Waals surface area contributed by atoms with Crippen LogP contribution in [0.15, 0.2) is 30.3 Å². The molecular formula is C14H20N2O2. The molecule has 98 valence electrons. The summed E-state index contributed by atoms with van der Waals surface area (Å²) in [7, 11) is 0. The zero-order valence-electron chi connectivity index (χ0n) is 10.5. The van der Waals surface area contributed by atoms with Gasteiger partial charge in [-0.15, -0.1) is 0 Å². The number of aldehydes is 1. The van der Waals surface area contributed by atoms with Crippen molar-refractivity contribution in [3.05, 3.63) is 35.9 Å². The highest BCUT2D eigenvalue weighted by atomic mass is 16.5. The van der Waals surface area contributed by atoms with E-state index in [0.717, 1.165) is 38.0 Å². The minimum absolute atomic E-state index is 0.330. The number of piperazine rings is 1. The fourth-order valence-electron chi connectivity index (χ4n) is 2.06. The molecule has 0 aromatic heterocycles. The molecule has 1 heterocycles. The number of nitrogens with zero attached hydrogens (tertiary/aromatic N) is 1. The molecule has 1 aromatic rings. The van der Waals surface area contributed by atoms with E-state index in [1.807, 2.05) is 30.3 Å². The fraction of sp³-hybridized carbons (Fsp3) is 0.500. The fourth-order valence-corrected chi connectivity index (χ4v) is 2.06. The van der Waals surface area contributed by atoms with E-state index in [0.29, 0.717) is 13.2 Å². The minimum Gasteiger partial charge on any atom is -0.365 e. The van der Waals surface area contributed by atoms with Gasteiger partial charge in [-0.2, -0.15) is 0 Å². The van der Waals surface area contributed by atoms with Crippen LogP contribution in [0, 0.1) is 0 Å². The van der Waals surface area contributed by atoms with Crippen LogP contribution in [0.2, 0.25) is 0 Å². The maximum Gasteiger partial charge on any atom is 0.150 e. The molecule has 1 saturated heterocycles. The number of benzene rings is 1. The van der Waals surface area contributed by atoms with Gasteiger partial charge in [0.05, 0.1) is 6.61 Å².